The van der Waals surface area contributed by atoms with Crippen molar-refractivity contribution >= 4 is 21.9 Å². The van der Waals surface area contributed by atoms with Gasteiger partial charge >= 0.3 is 5.97 Å². The Morgan fingerprint density at radius 2 is 1.90 bits per heavy atom. The van der Waals surface area contributed by atoms with Crippen LogP contribution in [-0.4, -0.2) is 43.8 Å². The van der Waals surface area contributed by atoms with Crippen molar-refractivity contribution in [3.05, 3.63) is 65.5 Å². The lowest BCUT2D eigenvalue weighted by molar-refractivity contribution is -0.153. The molecule has 1 heterocycles. The molecule has 1 atom stereocenters. The van der Waals surface area contributed by atoms with Crippen LogP contribution in [0, 0.1) is 12.7 Å². The fraction of sp³-hybridized carbons (Fsp3) is 0.364. The van der Waals surface area contributed by atoms with E-state index in [0.717, 1.165) is 4.31 Å². The molecular weight excluding hydrogens is 423 g/mol. The van der Waals surface area contributed by atoms with E-state index in [-0.39, 0.29) is 23.8 Å². The van der Waals surface area contributed by atoms with Crippen LogP contribution in [0.2, 0.25) is 0 Å². The second-order valence-electron chi connectivity index (χ2n) is 7.41. The molecule has 0 aromatic heterocycles. The molecule has 2 aromatic carbocycles. The summed E-state index contributed by atoms with van der Waals surface area (Å²) in [6.45, 7) is 1.40. The predicted octanol–water partition coefficient (Wildman–Crippen LogP) is 2.54. The van der Waals surface area contributed by atoms with Crippen LogP contribution in [0.15, 0.2) is 53.4 Å². The van der Waals surface area contributed by atoms with Gasteiger partial charge < -0.3 is 10.1 Å². The van der Waals surface area contributed by atoms with Crippen LogP contribution in [-0.2, 0) is 30.9 Å². The minimum atomic E-state index is -3.85. The van der Waals surface area contributed by atoms with Gasteiger partial charge in [-0.3, -0.25) is 9.59 Å². The SMILES string of the molecule is Cc1ccc(CNC(=O)COC(=O)C2CCCCN2S(=O)(=O)c2ccccc2)cc1F. The fourth-order valence-corrected chi connectivity index (χ4v) is 5.05. The first-order chi connectivity index (χ1) is 14.8. The van der Waals surface area contributed by atoms with Crippen LogP contribution < -0.4 is 5.32 Å². The highest BCUT2D eigenvalue weighted by Gasteiger charge is 2.38. The van der Waals surface area contributed by atoms with Gasteiger partial charge in [0.05, 0.1) is 4.90 Å². The number of aryl methyl sites for hydroxylation is 1. The van der Waals surface area contributed by atoms with Crippen molar-refractivity contribution in [1.82, 2.24) is 9.62 Å². The molecule has 1 aliphatic rings. The number of ether oxygens (including phenoxy) is 1. The summed E-state index contributed by atoms with van der Waals surface area (Å²) in [5.41, 5.74) is 1.08. The Morgan fingerprint density at radius 1 is 1.16 bits per heavy atom. The zero-order chi connectivity index (χ0) is 22.4. The third-order valence-corrected chi connectivity index (χ3v) is 7.07. The molecule has 0 bridgehead atoms. The van der Waals surface area contributed by atoms with Crippen molar-refractivity contribution in [3.8, 4) is 0 Å². The lowest BCUT2D eigenvalue weighted by Crippen LogP contribution is -2.49. The van der Waals surface area contributed by atoms with E-state index >= 15 is 0 Å². The number of carbonyl (C=O) groups excluding carboxylic acids is 2. The van der Waals surface area contributed by atoms with Gasteiger partial charge in [-0.25, -0.2) is 12.8 Å². The molecule has 1 unspecified atom stereocenters. The Labute approximate surface area is 181 Å². The smallest absolute Gasteiger partial charge is 0.324 e. The van der Waals surface area contributed by atoms with Crippen LogP contribution in [0.1, 0.15) is 30.4 Å². The number of halogens is 1. The Kier molecular flexibility index (Phi) is 7.40. The average Bonchev–Trinajstić information content (AvgIpc) is 2.78. The maximum Gasteiger partial charge on any atom is 0.324 e. The monoisotopic (exact) mass is 448 g/mol. The summed E-state index contributed by atoms with van der Waals surface area (Å²) in [5.74, 6) is -1.67. The van der Waals surface area contributed by atoms with Gasteiger partial charge in [0.2, 0.25) is 10.0 Å². The van der Waals surface area contributed by atoms with Crippen LogP contribution in [0.25, 0.3) is 0 Å². The number of sulfonamides is 1. The Morgan fingerprint density at radius 3 is 2.61 bits per heavy atom. The zero-order valence-electron chi connectivity index (χ0n) is 17.2. The number of nitrogens with one attached hydrogen (secondary N) is 1. The first-order valence-electron chi connectivity index (χ1n) is 10.0. The van der Waals surface area contributed by atoms with Gasteiger partial charge in [0.1, 0.15) is 11.9 Å². The summed E-state index contributed by atoms with van der Waals surface area (Å²) in [4.78, 5) is 24.7. The molecule has 1 aliphatic heterocycles. The van der Waals surface area contributed by atoms with Gasteiger partial charge in [-0.15, -0.1) is 0 Å². The Hall–Kier alpha value is -2.78. The van der Waals surface area contributed by atoms with Crippen LogP contribution in [0.5, 0.6) is 0 Å². The van der Waals surface area contributed by atoms with E-state index < -0.39 is 34.5 Å². The van der Waals surface area contributed by atoms with Gasteiger partial charge in [0.25, 0.3) is 5.91 Å². The van der Waals surface area contributed by atoms with E-state index in [2.05, 4.69) is 5.32 Å². The van der Waals surface area contributed by atoms with Crippen molar-refractivity contribution in [2.24, 2.45) is 0 Å². The van der Waals surface area contributed by atoms with Crippen molar-refractivity contribution in [1.29, 1.82) is 0 Å². The second kappa shape index (κ2) is 10.0. The number of carbonyl (C=O) groups is 2. The summed E-state index contributed by atoms with van der Waals surface area (Å²) < 4.78 is 45.8. The van der Waals surface area contributed by atoms with Gasteiger partial charge in [-0.2, -0.15) is 4.31 Å². The minimum absolute atomic E-state index is 0.0888. The molecular formula is C22H25FN2O5S. The average molecular weight is 449 g/mol. The molecule has 2 aromatic rings. The minimum Gasteiger partial charge on any atom is -0.454 e. The number of nitrogens with zero attached hydrogens (tertiary/aromatic N) is 1. The zero-order valence-corrected chi connectivity index (χ0v) is 18.0. The first-order valence-corrected chi connectivity index (χ1v) is 11.5. The Bertz CT molecular complexity index is 1040. The van der Waals surface area contributed by atoms with Crippen molar-refractivity contribution in [2.75, 3.05) is 13.2 Å². The number of hydrogen-bond acceptors (Lipinski definition) is 5. The maximum absolute atomic E-state index is 13.6. The molecule has 1 saturated heterocycles. The van der Waals surface area contributed by atoms with Gasteiger partial charge in [0.15, 0.2) is 6.61 Å². The van der Waals surface area contributed by atoms with Gasteiger partial charge in [-0.05, 0) is 55.5 Å². The number of esters is 1. The lowest BCUT2D eigenvalue weighted by Gasteiger charge is -2.32. The first kappa shape index (κ1) is 22.9. The van der Waals surface area contributed by atoms with E-state index in [1.165, 1.54) is 18.2 Å². The predicted molar refractivity (Wildman–Crippen MR) is 112 cm³/mol. The van der Waals surface area contributed by atoms with E-state index in [1.54, 1.807) is 37.3 Å². The van der Waals surface area contributed by atoms with Crippen LogP contribution in [0.4, 0.5) is 4.39 Å². The Balaban J connectivity index is 1.58. The highest BCUT2D eigenvalue weighted by molar-refractivity contribution is 7.89. The number of amides is 1. The quantitative estimate of drug-likeness (QED) is 0.657. The standard InChI is InChI=1S/C22H25FN2O5S/c1-16-10-11-17(13-19(16)23)14-24-21(26)15-30-22(27)20-9-5-6-12-25(20)31(28,29)18-7-3-2-4-8-18/h2-4,7-8,10-11,13,20H,5-6,9,12,14-15H2,1H3,(H,24,26). The molecule has 3 rings (SSSR count). The third-order valence-electron chi connectivity index (χ3n) is 5.15. The van der Waals surface area contributed by atoms with Crippen molar-refractivity contribution in [2.45, 2.75) is 43.7 Å². The highest BCUT2D eigenvalue weighted by atomic mass is 32.2. The molecule has 31 heavy (non-hydrogen) atoms. The van der Waals surface area contributed by atoms with E-state index in [9.17, 15) is 22.4 Å². The summed E-state index contributed by atoms with van der Waals surface area (Å²) in [5, 5.41) is 2.56. The fourth-order valence-electron chi connectivity index (χ4n) is 3.39. The molecule has 1 amide bonds. The normalized spacial score (nSPS) is 17.2. The molecule has 9 heteroatoms. The number of piperidine rings is 1. The number of benzene rings is 2. The molecule has 7 nitrogen and oxygen atoms in total. The molecule has 0 saturated carbocycles. The summed E-state index contributed by atoms with van der Waals surface area (Å²) in [6, 6.07) is 11.6. The summed E-state index contributed by atoms with van der Waals surface area (Å²) in [7, 11) is -3.85. The largest absolute Gasteiger partial charge is 0.454 e. The van der Waals surface area contributed by atoms with E-state index in [1.807, 2.05) is 0 Å². The number of rotatable bonds is 7. The summed E-state index contributed by atoms with van der Waals surface area (Å²) >= 11 is 0. The van der Waals surface area contributed by atoms with E-state index in [0.29, 0.717) is 30.4 Å². The topological polar surface area (TPSA) is 92.8 Å². The van der Waals surface area contributed by atoms with Crippen molar-refractivity contribution < 1.29 is 27.1 Å². The molecule has 166 valence electrons. The maximum atomic E-state index is 13.6. The van der Waals surface area contributed by atoms with Gasteiger partial charge in [0, 0.05) is 13.1 Å². The van der Waals surface area contributed by atoms with Gasteiger partial charge in [-0.1, -0.05) is 30.3 Å². The molecule has 0 radical (unpaired) electrons. The van der Waals surface area contributed by atoms with Crippen molar-refractivity contribution in [3.63, 3.8) is 0 Å². The lowest BCUT2D eigenvalue weighted by atomic mass is 10.1. The third kappa shape index (κ3) is 5.68. The molecule has 0 aliphatic carbocycles. The van der Waals surface area contributed by atoms with Crippen LogP contribution >= 0.6 is 0 Å². The van der Waals surface area contributed by atoms with Crippen LogP contribution in [0.3, 0.4) is 0 Å². The molecule has 1 fully saturated rings. The number of hydrogen-bond donors (Lipinski definition) is 1. The highest BCUT2D eigenvalue weighted by Crippen LogP contribution is 2.26. The molecule has 1 N–H and O–H groups in total. The second-order valence-corrected chi connectivity index (χ2v) is 9.30. The summed E-state index contributed by atoms with van der Waals surface area (Å²) in [6.07, 6.45) is 1.66. The molecule has 0 spiro atoms. The van der Waals surface area contributed by atoms with E-state index in [4.69, 9.17) is 4.74 Å².